The summed E-state index contributed by atoms with van der Waals surface area (Å²) >= 11 is 5.96. The molecule has 1 radical (unpaired) electrons. The summed E-state index contributed by atoms with van der Waals surface area (Å²) in [5.41, 5.74) is 0. The molecule has 0 N–H and O–H groups in total. The Kier molecular flexibility index (Phi) is 2.11. The molecule has 0 saturated carbocycles. The molecule has 2 aromatic rings. The van der Waals surface area contributed by atoms with Crippen LogP contribution in [-0.2, 0) is 0 Å². The van der Waals surface area contributed by atoms with Gasteiger partial charge in [-0.05, 0) is 23.6 Å². The summed E-state index contributed by atoms with van der Waals surface area (Å²) in [6, 6.07) is 12.5. The number of hydrogen-bond acceptors (Lipinski definition) is 1. The van der Waals surface area contributed by atoms with E-state index in [1.54, 1.807) is 7.11 Å². The van der Waals surface area contributed by atoms with E-state index in [9.17, 15) is 0 Å². The van der Waals surface area contributed by atoms with Crippen LogP contribution in [0.1, 0.15) is 0 Å². The summed E-state index contributed by atoms with van der Waals surface area (Å²) in [5.74, 6) is 0.842. The summed E-state index contributed by atoms with van der Waals surface area (Å²) in [4.78, 5) is 0. The highest BCUT2D eigenvalue weighted by atomic mass is 35.5. The fourth-order valence-electron chi connectivity index (χ4n) is 1.29. The van der Waals surface area contributed by atoms with Crippen LogP contribution in [0.5, 0.6) is 5.75 Å². The second kappa shape index (κ2) is 3.27. The molecule has 0 fully saturated rings. The van der Waals surface area contributed by atoms with Gasteiger partial charge in [-0.3, -0.25) is 0 Å². The van der Waals surface area contributed by atoms with Gasteiger partial charge in [0.05, 0.1) is 12.1 Å². The van der Waals surface area contributed by atoms with Crippen LogP contribution < -0.4 is 4.74 Å². The minimum atomic E-state index is 0.653. The van der Waals surface area contributed by atoms with Crippen molar-refractivity contribution in [3.8, 4) is 5.75 Å². The molecule has 65 valence electrons. The van der Waals surface area contributed by atoms with E-state index in [1.165, 1.54) is 0 Å². The Labute approximate surface area is 81.9 Å². The summed E-state index contributed by atoms with van der Waals surface area (Å²) in [7, 11) is 1.65. The van der Waals surface area contributed by atoms with E-state index in [0.717, 1.165) is 16.5 Å². The van der Waals surface area contributed by atoms with Gasteiger partial charge in [-0.1, -0.05) is 23.7 Å². The average molecular weight is 192 g/mol. The van der Waals surface area contributed by atoms with Crippen molar-refractivity contribution in [1.29, 1.82) is 0 Å². The molecule has 0 amide bonds. The zero-order valence-electron chi connectivity index (χ0n) is 7.17. The van der Waals surface area contributed by atoms with Crippen LogP contribution in [-0.4, -0.2) is 7.11 Å². The lowest BCUT2D eigenvalue weighted by Gasteiger charge is -2.02. The van der Waals surface area contributed by atoms with Gasteiger partial charge in [0.15, 0.2) is 0 Å². The smallest absolute Gasteiger partial charge is 0.119 e. The van der Waals surface area contributed by atoms with Crippen molar-refractivity contribution in [2.75, 3.05) is 7.11 Å². The molecule has 0 saturated heterocycles. The first-order valence-corrected chi connectivity index (χ1v) is 4.33. The van der Waals surface area contributed by atoms with Gasteiger partial charge in [0.2, 0.25) is 0 Å². The van der Waals surface area contributed by atoms with Crippen LogP contribution in [0.25, 0.3) is 10.8 Å². The van der Waals surface area contributed by atoms with Gasteiger partial charge >= 0.3 is 0 Å². The molecule has 2 rings (SSSR count). The monoisotopic (exact) mass is 191 g/mol. The normalized spacial score (nSPS) is 10.3. The number of benzene rings is 2. The second-order valence-corrected chi connectivity index (χ2v) is 3.12. The maximum atomic E-state index is 5.96. The van der Waals surface area contributed by atoms with E-state index in [4.69, 9.17) is 16.3 Å². The molecule has 0 unspecified atom stereocenters. The molecule has 0 atom stereocenters. The predicted molar refractivity (Wildman–Crippen MR) is 54.3 cm³/mol. The molecule has 2 heteroatoms. The van der Waals surface area contributed by atoms with E-state index in [0.29, 0.717) is 5.02 Å². The molecular formula is C11H8ClO. The lowest BCUT2D eigenvalue weighted by atomic mass is 10.1. The Bertz CT molecular complexity index is 437. The minimum absolute atomic E-state index is 0.653. The average Bonchev–Trinajstić information content (AvgIpc) is 2.18. The Hall–Kier alpha value is -1.21. The molecule has 0 aliphatic rings. The van der Waals surface area contributed by atoms with Crippen molar-refractivity contribution in [2.24, 2.45) is 0 Å². The third kappa shape index (κ3) is 1.47. The first-order chi connectivity index (χ1) is 6.31. The summed E-state index contributed by atoms with van der Waals surface area (Å²) < 4.78 is 5.11. The number of hydrogen-bond donors (Lipinski definition) is 0. The van der Waals surface area contributed by atoms with Crippen LogP contribution in [0, 0.1) is 6.07 Å². The number of rotatable bonds is 1. The van der Waals surface area contributed by atoms with E-state index in [-0.39, 0.29) is 0 Å². The Morgan fingerprint density at radius 2 is 2.15 bits per heavy atom. The van der Waals surface area contributed by atoms with Crippen LogP contribution in [0.15, 0.2) is 30.3 Å². The zero-order valence-corrected chi connectivity index (χ0v) is 7.93. The van der Waals surface area contributed by atoms with Gasteiger partial charge in [0.1, 0.15) is 5.75 Å². The Morgan fingerprint density at radius 1 is 1.31 bits per heavy atom. The van der Waals surface area contributed by atoms with Crippen molar-refractivity contribution in [3.63, 3.8) is 0 Å². The molecule has 2 aromatic carbocycles. The molecule has 13 heavy (non-hydrogen) atoms. The standard InChI is InChI=1S/C11H8ClO/c1-13-9-5-6-10-8(7-9)3-2-4-11(10)12/h2-3,5-7H,1H3. The van der Waals surface area contributed by atoms with E-state index in [1.807, 2.05) is 30.3 Å². The van der Waals surface area contributed by atoms with Crippen molar-refractivity contribution in [3.05, 3.63) is 41.4 Å². The Morgan fingerprint density at radius 3 is 2.92 bits per heavy atom. The van der Waals surface area contributed by atoms with E-state index < -0.39 is 0 Å². The third-order valence-electron chi connectivity index (χ3n) is 1.97. The lowest BCUT2D eigenvalue weighted by Crippen LogP contribution is -1.82. The summed E-state index contributed by atoms with van der Waals surface area (Å²) in [6.45, 7) is 0. The van der Waals surface area contributed by atoms with Gasteiger partial charge in [-0.25, -0.2) is 0 Å². The van der Waals surface area contributed by atoms with Crippen LogP contribution >= 0.6 is 11.6 Å². The highest BCUT2D eigenvalue weighted by Crippen LogP contribution is 2.26. The number of halogens is 1. The number of fused-ring (bicyclic) bond motifs is 1. The molecule has 0 spiro atoms. The molecular weight excluding hydrogens is 184 g/mol. The fourth-order valence-corrected chi connectivity index (χ4v) is 1.52. The largest absolute Gasteiger partial charge is 0.497 e. The minimum Gasteiger partial charge on any atom is -0.497 e. The first kappa shape index (κ1) is 8.39. The van der Waals surface area contributed by atoms with Gasteiger partial charge in [0, 0.05) is 11.5 Å². The Balaban J connectivity index is 2.72. The number of ether oxygens (including phenoxy) is 1. The van der Waals surface area contributed by atoms with E-state index in [2.05, 4.69) is 6.07 Å². The molecule has 0 bridgehead atoms. The van der Waals surface area contributed by atoms with Gasteiger partial charge < -0.3 is 4.74 Å². The zero-order chi connectivity index (χ0) is 9.26. The highest BCUT2D eigenvalue weighted by Gasteiger charge is 1.99. The van der Waals surface area contributed by atoms with Crippen molar-refractivity contribution >= 4 is 22.4 Å². The van der Waals surface area contributed by atoms with Gasteiger partial charge in [-0.15, -0.1) is 0 Å². The molecule has 0 aliphatic heterocycles. The molecule has 0 aliphatic carbocycles. The topological polar surface area (TPSA) is 9.23 Å². The van der Waals surface area contributed by atoms with Crippen molar-refractivity contribution in [2.45, 2.75) is 0 Å². The lowest BCUT2D eigenvalue weighted by molar-refractivity contribution is 0.415. The maximum Gasteiger partial charge on any atom is 0.119 e. The predicted octanol–water partition coefficient (Wildman–Crippen LogP) is 3.30. The van der Waals surface area contributed by atoms with Gasteiger partial charge in [-0.2, -0.15) is 0 Å². The van der Waals surface area contributed by atoms with E-state index >= 15 is 0 Å². The van der Waals surface area contributed by atoms with Gasteiger partial charge in [0.25, 0.3) is 0 Å². The molecule has 1 nitrogen and oxygen atoms in total. The molecule has 0 aromatic heterocycles. The SMILES string of the molecule is COc1ccc2c(Cl)[c]ccc2c1. The third-order valence-corrected chi connectivity index (χ3v) is 2.28. The van der Waals surface area contributed by atoms with Crippen molar-refractivity contribution < 1.29 is 4.74 Å². The summed E-state index contributed by atoms with van der Waals surface area (Å²) in [5, 5.41) is 2.73. The highest BCUT2D eigenvalue weighted by molar-refractivity contribution is 6.35. The second-order valence-electron chi connectivity index (χ2n) is 2.74. The van der Waals surface area contributed by atoms with Crippen LogP contribution in [0.4, 0.5) is 0 Å². The quantitative estimate of drug-likeness (QED) is 0.672. The molecule has 0 heterocycles. The van der Waals surface area contributed by atoms with Crippen LogP contribution in [0.3, 0.4) is 0 Å². The maximum absolute atomic E-state index is 5.96. The fraction of sp³-hybridized carbons (Fsp3) is 0.0909. The number of methoxy groups -OCH3 is 1. The first-order valence-electron chi connectivity index (χ1n) is 3.95. The summed E-state index contributed by atoms with van der Waals surface area (Å²) in [6.07, 6.45) is 0. The van der Waals surface area contributed by atoms with Crippen molar-refractivity contribution in [1.82, 2.24) is 0 Å². The van der Waals surface area contributed by atoms with Crippen LogP contribution in [0.2, 0.25) is 5.02 Å².